The van der Waals surface area contributed by atoms with Gasteiger partial charge in [0.05, 0.1) is 12.4 Å². The van der Waals surface area contributed by atoms with Gasteiger partial charge in [-0.2, -0.15) is 0 Å². The molecule has 0 spiro atoms. The zero-order chi connectivity index (χ0) is 15.0. The van der Waals surface area contributed by atoms with Crippen molar-refractivity contribution in [1.29, 1.82) is 0 Å². The smallest absolute Gasteiger partial charge is 0.123 e. The number of benzene rings is 1. The van der Waals surface area contributed by atoms with Gasteiger partial charge in [0, 0.05) is 28.2 Å². The van der Waals surface area contributed by atoms with Gasteiger partial charge < -0.3 is 10.1 Å². The lowest BCUT2D eigenvalue weighted by Gasteiger charge is -2.16. The van der Waals surface area contributed by atoms with Gasteiger partial charge in [-0.1, -0.05) is 19.9 Å². The van der Waals surface area contributed by atoms with Gasteiger partial charge in [0.2, 0.25) is 0 Å². The predicted molar refractivity (Wildman–Crippen MR) is 86.7 cm³/mol. The molecule has 114 valence electrons. The highest BCUT2D eigenvalue weighted by atomic mass is 32.2. The Morgan fingerprint density at radius 2 is 2.05 bits per heavy atom. The minimum Gasteiger partial charge on any atom is -0.494 e. The summed E-state index contributed by atoms with van der Waals surface area (Å²) in [5.41, 5.74) is 2.28. The molecular formula is C16H27NO2S. The van der Waals surface area contributed by atoms with E-state index in [1.165, 1.54) is 5.56 Å². The van der Waals surface area contributed by atoms with Gasteiger partial charge in [-0.15, -0.1) is 0 Å². The molecule has 1 rings (SSSR count). The van der Waals surface area contributed by atoms with E-state index in [0.717, 1.165) is 30.0 Å². The van der Waals surface area contributed by atoms with Crippen LogP contribution in [0.25, 0.3) is 0 Å². The van der Waals surface area contributed by atoms with Crippen molar-refractivity contribution in [1.82, 2.24) is 5.32 Å². The fourth-order valence-corrected chi connectivity index (χ4v) is 3.35. The first-order valence-corrected chi connectivity index (χ1v) is 8.95. The molecule has 0 heterocycles. The van der Waals surface area contributed by atoms with Crippen LogP contribution in [0.15, 0.2) is 18.2 Å². The average Bonchev–Trinajstić information content (AvgIpc) is 2.41. The van der Waals surface area contributed by atoms with Crippen LogP contribution in [-0.2, 0) is 16.6 Å². The van der Waals surface area contributed by atoms with Gasteiger partial charge in [0.1, 0.15) is 5.75 Å². The molecule has 0 aliphatic carbocycles. The number of hydrogen-bond donors (Lipinski definition) is 1. The summed E-state index contributed by atoms with van der Waals surface area (Å²) in [6, 6.07) is 6.52. The Bertz CT molecular complexity index is 434. The van der Waals surface area contributed by atoms with Crippen molar-refractivity contribution in [2.75, 3.05) is 18.9 Å². The molecule has 0 bridgehead atoms. The van der Waals surface area contributed by atoms with Gasteiger partial charge in [-0.05, 0) is 44.5 Å². The standard InChI is InChI=1S/C16H27NO2S/c1-5-10-20(18)12-15-11-14(13(4)17-6-2)8-9-16(15)19-7-3/h8-9,11,13,17H,5-7,10,12H2,1-4H3. The second kappa shape index (κ2) is 9.14. The van der Waals surface area contributed by atoms with Crippen LogP contribution in [0.4, 0.5) is 0 Å². The van der Waals surface area contributed by atoms with E-state index in [-0.39, 0.29) is 0 Å². The SMILES string of the molecule is CCCS(=O)Cc1cc(C(C)NCC)ccc1OCC. The highest BCUT2D eigenvalue weighted by Gasteiger charge is 2.11. The Kier molecular flexibility index (Phi) is 7.85. The summed E-state index contributed by atoms with van der Waals surface area (Å²) >= 11 is 0. The highest BCUT2D eigenvalue weighted by Crippen LogP contribution is 2.25. The fourth-order valence-electron chi connectivity index (χ4n) is 2.18. The zero-order valence-corrected chi connectivity index (χ0v) is 13.9. The molecule has 1 aromatic rings. The van der Waals surface area contributed by atoms with E-state index in [2.05, 4.69) is 38.2 Å². The van der Waals surface area contributed by atoms with E-state index in [0.29, 0.717) is 18.4 Å². The predicted octanol–water partition coefficient (Wildman–Crippen LogP) is 3.41. The maximum absolute atomic E-state index is 12.0. The Morgan fingerprint density at radius 1 is 1.30 bits per heavy atom. The van der Waals surface area contributed by atoms with Crippen molar-refractivity contribution in [3.8, 4) is 5.75 Å². The molecule has 1 aromatic carbocycles. The third-order valence-corrected chi connectivity index (χ3v) is 4.64. The maximum atomic E-state index is 12.0. The van der Waals surface area contributed by atoms with Crippen LogP contribution in [0, 0.1) is 0 Å². The lowest BCUT2D eigenvalue weighted by molar-refractivity contribution is 0.337. The van der Waals surface area contributed by atoms with Crippen LogP contribution in [0.3, 0.4) is 0 Å². The molecule has 0 aromatic heterocycles. The van der Waals surface area contributed by atoms with Crippen molar-refractivity contribution >= 4 is 10.8 Å². The normalized spacial score (nSPS) is 14.0. The van der Waals surface area contributed by atoms with E-state index in [4.69, 9.17) is 4.74 Å². The van der Waals surface area contributed by atoms with Gasteiger partial charge in [0.15, 0.2) is 0 Å². The fraction of sp³-hybridized carbons (Fsp3) is 0.625. The largest absolute Gasteiger partial charge is 0.494 e. The maximum Gasteiger partial charge on any atom is 0.123 e. The first kappa shape index (κ1) is 17.2. The quantitative estimate of drug-likeness (QED) is 0.759. The number of ether oxygens (including phenoxy) is 1. The van der Waals surface area contributed by atoms with Gasteiger partial charge in [-0.25, -0.2) is 0 Å². The number of nitrogens with one attached hydrogen (secondary N) is 1. The monoisotopic (exact) mass is 297 g/mol. The van der Waals surface area contributed by atoms with Gasteiger partial charge >= 0.3 is 0 Å². The molecule has 1 N–H and O–H groups in total. The molecule has 0 saturated heterocycles. The molecular weight excluding hydrogens is 270 g/mol. The zero-order valence-electron chi connectivity index (χ0n) is 13.1. The Hall–Kier alpha value is -0.870. The second-order valence-electron chi connectivity index (χ2n) is 4.87. The van der Waals surface area contributed by atoms with Crippen LogP contribution >= 0.6 is 0 Å². The van der Waals surface area contributed by atoms with Crippen molar-refractivity contribution in [2.24, 2.45) is 0 Å². The summed E-state index contributed by atoms with van der Waals surface area (Å²) in [7, 11) is -0.811. The molecule has 0 saturated carbocycles. The Morgan fingerprint density at radius 3 is 2.65 bits per heavy atom. The van der Waals surface area contributed by atoms with Crippen LogP contribution in [-0.4, -0.2) is 23.1 Å². The van der Waals surface area contributed by atoms with E-state index >= 15 is 0 Å². The van der Waals surface area contributed by atoms with E-state index in [9.17, 15) is 4.21 Å². The van der Waals surface area contributed by atoms with Crippen molar-refractivity contribution in [3.05, 3.63) is 29.3 Å². The minimum atomic E-state index is -0.811. The molecule has 20 heavy (non-hydrogen) atoms. The van der Waals surface area contributed by atoms with E-state index in [1.54, 1.807) is 0 Å². The molecule has 2 unspecified atom stereocenters. The summed E-state index contributed by atoms with van der Waals surface area (Å²) in [5, 5.41) is 3.40. The molecule has 3 nitrogen and oxygen atoms in total. The van der Waals surface area contributed by atoms with Crippen molar-refractivity contribution < 1.29 is 8.95 Å². The molecule has 0 amide bonds. The molecule has 2 atom stereocenters. The van der Waals surface area contributed by atoms with Crippen molar-refractivity contribution in [3.63, 3.8) is 0 Å². The summed E-state index contributed by atoms with van der Waals surface area (Å²) < 4.78 is 17.7. The molecule has 0 aliphatic rings. The van der Waals surface area contributed by atoms with Gasteiger partial charge in [0.25, 0.3) is 0 Å². The third-order valence-electron chi connectivity index (χ3n) is 3.14. The first-order valence-electron chi connectivity index (χ1n) is 7.46. The van der Waals surface area contributed by atoms with E-state index in [1.807, 2.05) is 13.0 Å². The molecule has 0 fully saturated rings. The lowest BCUT2D eigenvalue weighted by atomic mass is 10.0. The summed E-state index contributed by atoms with van der Waals surface area (Å²) in [4.78, 5) is 0. The van der Waals surface area contributed by atoms with Crippen LogP contribution < -0.4 is 10.1 Å². The van der Waals surface area contributed by atoms with Gasteiger partial charge in [-0.3, -0.25) is 4.21 Å². The average molecular weight is 297 g/mol. The summed E-state index contributed by atoms with van der Waals surface area (Å²) in [5.74, 6) is 2.19. The van der Waals surface area contributed by atoms with E-state index < -0.39 is 10.8 Å². The first-order chi connectivity index (χ1) is 9.62. The third kappa shape index (κ3) is 5.25. The highest BCUT2D eigenvalue weighted by molar-refractivity contribution is 7.84. The Labute approximate surface area is 125 Å². The van der Waals surface area contributed by atoms with Crippen molar-refractivity contribution in [2.45, 2.75) is 45.9 Å². The molecule has 0 aliphatic heterocycles. The summed E-state index contributed by atoms with van der Waals surface area (Å²) in [6.45, 7) is 9.85. The Balaban J connectivity index is 2.95. The number of hydrogen-bond acceptors (Lipinski definition) is 3. The number of rotatable bonds is 9. The van der Waals surface area contributed by atoms with Crippen LogP contribution in [0.1, 0.15) is 51.3 Å². The van der Waals surface area contributed by atoms with Crippen LogP contribution in [0.5, 0.6) is 5.75 Å². The second-order valence-corrected chi connectivity index (χ2v) is 6.44. The molecule has 4 heteroatoms. The minimum absolute atomic E-state index is 0.300. The van der Waals surface area contributed by atoms with Crippen LogP contribution in [0.2, 0.25) is 0 Å². The topological polar surface area (TPSA) is 38.3 Å². The summed E-state index contributed by atoms with van der Waals surface area (Å²) in [6.07, 6.45) is 0.948. The molecule has 0 radical (unpaired) electrons. The lowest BCUT2D eigenvalue weighted by Crippen LogP contribution is -2.18.